The SMILES string of the molecule is FC(F)Oc1ccccc1CN1C[C@@H]2CCCN[C@@H]2C1. The molecule has 2 aliphatic heterocycles. The van der Waals surface area contributed by atoms with Crippen LogP contribution >= 0.6 is 0 Å². The molecule has 0 saturated carbocycles. The third-order valence-corrected chi connectivity index (χ3v) is 4.26. The van der Waals surface area contributed by atoms with Gasteiger partial charge in [0.15, 0.2) is 0 Å². The van der Waals surface area contributed by atoms with E-state index in [1.165, 1.54) is 12.8 Å². The van der Waals surface area contributed by atoms with E-state index < -0.39 is 6.61 Å². The monoisotopic (exact) mass is 282 g/mol. The number of hydrogen-bond donors (Lipinski definition) is 1. The number of nitrogens with zero attached hydrogens (tertiary/aromatic N) is 1. The zero-order chi connectivity index (χ0) is 13.9. The van der Waals surface area contributed by atoms with Crippen molar-refractivity contribution in [2.45, 2.75) is 32.0 Å². The molecule has 2 fully saturated rings. The highest BCUT2D eigenvalue weighted by atomic mass is 19.3. The van der Waals surface area contributed by atoms with Crippen LogP contribution in [0.3, 0.4) is 0 Å². The molecule has 0 aliphatic carbocycles. The fraction of sp³-hybridized carbons (Fsp3) is 0.600. The largest absolute Gasteiger partial charge is 0.434 e. The molecule has 20 heavy (non-hydrogen) atoms. The Morgan fingerprint density at radius 2 is 2.15 bits per heavy atom. The maximum Gasteiger partial charge on any atom is 0.387 e. The normalized spacial score (nSPS) is 26.8. The van der Waals surface area contributed by atoms with Crippen molar-refractivity contribution in [1.29, 1.82) is 0 Å². The maximum absolute atomic E-state index is 12.4. The van der Waals surface area contributed by atoms with Crippen LogP contribution in [0, 0.1) is 5.92 Å². The Balaban J connectivity index is 1.66. The molecular formula is C15H20F2N2O. The second-order valence-corrected chi connectivity index (χ2v) is 5.64. The van der Waals surface area contributed by atoms with Crippen LogP contribution in [-0.4, -0.2) is 37.2 Å². The van der Waals surface area contributed by atoms with Gasteiger partial charge in [0.05, 0.1) is 0 Å². The van der Waals surface area contributed by atoms with Gasteiger partial charge in [0.25, 0.3) is 0 Å². The Morgan fingerprint density at radius 3 is 2.95 bits per heavy atom. The van der Waals surface area contributed by atoms with E-state index in [4.69, 9.17) is 0 Å². The number of alkyl halides is 2. The van der Waals surface area contributed by atoms with Gasteiger partial charge in [-0.25, -0.2) is 0 Å². The first-order valence-corrected chi connectivity index (χ1v) is 7.21. The number of hydrogen-bond acceptors (Lipinski definition) is 3. The molecule has 2 saturated heterocycles. The van der Waals surface area contributed by atoms with Gasteiger partial charge in [-0.1, -0.05) is 18.2 Å². The molecule has 2 heterocycles. The van der Waals surface area contributed by atoms with Crippen molar-refractivity contribution in [3.8, 4) is 5.75 Å². The predicted molar refractivity (Wildman–Crippen MR) is 72.9 cm³/mol. The molecule has 2 atom stereocenters. The van der Waals surface area contributed by atoms with Gasteiger partial charge in [-0.2, -0.15) is 8.78 Å². The number of rotatable bonds is 4. The number of fused-ring (bicyclic) bond motifs is 1. The molecule has 3 nitrogen and oxygen atoms in total. The summed E-state index contributed by atoms with van der Waals surface area (Å²) in [7, 11) is 0. The lowest BCUT2D eigenvalue weighted by molar-refractivity contribution is -0.0507. The van der Waals surface area contributed by atoms with E-state index in [-0.39, 0.29) is 0 Å². The molecule has 110 valence electrons. The van der Waals surface area contributed by atoms with Crippen molar-refractivity contribution in [3.05, 3.63) is 29.8 Å². The molecule has 1 aromatic carbocycles. The van der Waals surface area contributed by atoms with E-state index in [1.54, 1.807) is 12.1 Å². The minimum absolute atomic E-state index is 0.297. The fourth-order valence-corrected chi connectivity index (χ4v) is 3.35. The highest BCUT2D eigenvalue weighted by Gasteiger charge is 2.34. The molecule has 0 spiro atoms. The zero-order valence-electron chi connectivity index (χ0n) is 11.4. The summed E-state index contributed by atoms with van der Waals surface area (Å²) in [4.78, 5) is 2.33. The molecule has 0 amide bonds. The van der Waals surface area contributed by atoms with Crippen molar-refractivity contribution in [2.24, 2.45) is 5.92 Å². The van der Waals surface area contributed by atoms with E-state index >= 15 is 0 Å². The summed E-state index contributed by atoms with van der Waals surface area (Å²) in [6.07, 6.45) is 2.50. The van der Waals surface area contributed by atoms with E-state index in [0.29, 0.717) is 24.3 Å². The average Bonchev–Trinajstić information content (AvgIpc) is 2.82. The fourth-order valence-electron chi connectivity index (χ4n) is 3.35. The van der Waals surface area contributed by atoms with Crippen molar-refractivity contribution in [1.82, 2.24) is 10.2 Å². The summed E-state index contributed by atoms with van der Waals surface area (Å²) in [6.45, 7) is 1.05. The third kappa shape index (κ3) is 3.10. The lowest BCUT2D eigenvalue weighted by atomic mass is 9.94. The summed E-state index contributed by atoms with van der Waals surface area (Å²) in [5, 5.41) is 3.55. The number of benzene rings is 1. The van der Waals surface area contributed by atoms with Crippen molar-refractivity contribution in [2.75, 3.05) is 19.6 Å². The van der Waals surface area contributed by atoms with Gasteiger partial charge in [-0.15, -0.1) is 0 Å². The quantitative estimate of drug-likeness (QED) is 0.918. The van der Waals surface area contributed by atoms with E-state index in [2.05, 4.69) is 15.0 Å². The van der Waals surface area contributed by atoms with Gasteiger partial charge < -0.3 is 10.1 Å². The first-order valence-electron chi connectivity index (χ1n) is 7.21. The Kier molecular flexibility index (Phi) is 4.17. The Hall–Kier alpha value is -1.20. The number of nitrogens with one attached hydrogen (secondary N) is 1. The highest BCUT2D eigenvalue weighted by Crippen LogP contribution is 2.28. The van der Waals surface area contributed by atoms with Gasteiger partial charge in [0.2, 0.25) is 0 Å². The lowest BCUT2D eigenvalue weighted by Gasteiger charge is -2.24. The van der Waals surface area contributed by atoms with Gasteiger partial charge in [0, 0.05) is 31.2 Å². The van der Waals surface area contributed by atoms with Crippen molar-refractivity contribution >= 4 is 0 Å². The number of para-hydroxylation sites is 1. The zero-order valence-corrected chi connectivity index (χ0v) is 11.4. The molecule has 1 aromatic rings. The van der Waals surface area contributed by atoms with E-state index in [0.717, 1.165) is 25.2 Å². The lowest BCUT2D eigenvalue weighted by Crippen LogP contribution is -2.40. The van der Waals surface area contributed by atoms with Crippen LogP contribution in [0.5, 0.6) is 5.75 Å². The number of halogens is 2. The first kappa shape index (κ1) is 13.8. The van der Waals surface area contributed by atoms with Crippen LogP contribution < -0.4 is 10.1 Å². The number of ether oxygens (including phenoxy) is 1. The summed E-state index contributed by atoms with van der Waals surface area (Å²) in [6, 6.07) is 7.64. The van der Waals surface area contributed by atoms with Gasteiger partial charge >= 0.3 is 6.61 Å². The summed E-state index contributed by atoms with van der Waals surface area (Å²) in [5.41, 5.74) is 0.839. The topological polar surface area (TPSA) is 24.5 Å². The van der Waals surface area contributed by atoms with Crippen LogP contribution in [0.2, 0.25) is 0 Å². The smallest absolute Gasteiger partial charge is 0.387 e. The molecule has 1 N–H and O–H groups in total. The van der Waals surface area contributed by atoms with Gasteiger partial charge in [0.1, 0.15) is 5.75 Å². The van der Waals surface area contributed by atoms with Gasteiger partial charge in [-0.3, -0.25) is 4.90 Å². The third-order valence-electron chi connectivity index (χ3n) is 4.26. The second kappa shape index (κ2) is 6.06. The molecule has 2 aliphatic rings. The molecule has 0 radical (unpaired) electrons. The Morgan fingerprint density at radius 1 is 1.30 bits per heavy atom. The number of piperidine rings is 1. The van der Waals surface area contributed by atoms with Crippen LogP contribution in [0.4, 0.5) is 8.78 Å². The van der Waals surface area contributed by atoms with Gasteiger partial charge in [-0.05, 0) is 31.4 Å². The first-order chi connectivity index (χ1) is 9.72. The standard InChI is InChI=1S/C15H20F2N2O/c16-15(17)20-14-6-2-1-4-12(14)9-19-8-11-5-3-7-18-13(11)10-19/h1-2,4,6,11,13,15,18H,3,5,7-10H2/t11-,13+/m0/s1. The maximum atomic E-state index is 12.4. The summed E-state index contributed by atoms with van der Waals surface area (Å²) >= 11 is 0. The van der Waals surface area contributed by atoms with Crippen LogP contribution in [0.15, 0.2) is 24.3 Å². The Labute approximate surface area is 117 Å². The molecule has 0 unspecified atom stereocenters. The number of likely N-dealkylation sites (tertiary alicyclic amines) is 1. The summed E-state index contributed by atoms with van der Waals surface area (Å²) in [5.74, 6) is 0.997. The van der Waals surface area contributed by atoms with Crippen LogP contribution in [0.1, 0.15) is 18.4 Å². The minimum atomic E-state index is -2.76. The predicted octanol–water partition coefficient (Wildman–Crippen LogP) is 2.47. The Bertz CT molecular complexity index is 441. The van der Waals surface area contributed by atoms with E-state index in [1.807, 2.05) is 12.1 Å². The second-order valence-electron chi connectivity index (χ2n) is 5.64. The van der Waals surface area contributed by atoms with Crippen molar-refractivity contribution < 1.29 is 13.5 Å². The van der Waals surface area contributed by atoms with E-state index in [9.17, 15) is 8.78 Å². The molecule has 3 rings (SSSR count). The van der Waals surface area contributed by atoms with Crippen LogP contribution in [0.25, 0.3) is 0 Å². The van der Waals surface area contributed by atoms with Crippen LogP contribution in [-0.2, 0) is 6.54 Å². The minimum Gasteiger partial charge on any atom is -0.434 e. The highest BCUT2D eigenvalue weighted by molar-refractivity contribution is 5.33. The summed E-state index contributed by atoms with van der Waals surface area (Å²) < 4.78 is 29.4. The molecular weight excluding hydrogens is 262 g/mol. The molecule has 5 heteroatoms. The average molecular weight is 282 g/mol. The molecule has 0 bridgehead atoms. The van der Waals surface area contributed by atoms with Crippen molar-refractivity contribution in [3.63, 3.8) is 0 Å². The molecule has 0 aromatic heterocycles.